The summed E-state index contributed by atoms with van der Waals surface area (Å²) in [6.07, 6.45) is 5.94. The lowest BCUT2D eigenvalue weighted by molar-refractivity contribution is 1.04. The molecular weight excluding hydrogens is 227 g/mol. The third-order valence-corrected chi connectivity index (χ3v) is 3.94. The highest BCUT2D eigenvalue weighted by atomic mass is 35.7. The van der Waals surface area contributed by atoms with Crippen LogP contribution in [-0.2, 0) is 0 Å². The quantitative estimate of drug-likeness (QED) is 0.741. The third kappa shape index (κ3) is 1.42. The summed E-state index contributed by atoms with van der Waals surface area (Å²) in [5, 5.41) is 0. The molecule has 74 valence electrons. The van der Waals surface area contributed by atoms with E-state index in [-0.39, 0.29) is 11.4 Å². The zero-order valence-corrected chi connectivity index (χ0v) is 8.50. The first-order valence-corrected chi connectivity index (χ1v) is 5.84. The molecule has 2 heterocycles. The lowest BCUT2D eigenvalue weighted by Gasteiger charge is -2.07. The highest BCUT2D eigenvalue weighted by molar-refractivity contribution is 7.81. The molecule has 0 aliphatic carbocycles. The van der Waals surface area contributed by atoms with Crippen LogP contribution in [0.3, 0.4) is 0 Å². The highest BCUT2D eigenvalue weighted by Crippen LogP contribution is 2.40. The molecule has 8 heteroatoms. The maximum Gasteiger partial charge on any atom is 0.331 e. The SMILES string of the molecule is O=c1[nH]ccn1P(Cl)n1cc[nH]c1=O. The van der Waals surface area contributed by atoms with Crippen LogP contribution in [0.5, 0.6) is 0 Å². The fourth-order valence-electron chi connectivity index (χ4n) is 0.990. The summed E-state index contributed by atoms with van der Waals surface area (Å²) in [5.41, 5.74) is -0.668. The minimum absolute atomic E-state index is 0.334. The monoisotopic (exact) mass is 232 g/mol. The molecule has 14 heavy (non-hydrogen) atoms. The molecule has 0 fully saturated rings. The summed E-state index contributed by atoms with van der Waals surface area (Å²) in [5.74, 6) is 0. The molecule has 2 aromatic rings. The van der Waals surface area contributed by atoms with Crippen molar-refractivity contribution in [3.05, 3.63) is 45.8 Å². The molecule has 2 N–H and O–H groups in total. The Kier molecular flexibility index (Phi) is 2.31. The maximum atomic E-state index is 11.2. The van der Waals surface area contributed by atoms with Gasteiger partial charge in [0.25, 0.3) is 0 Å². The van der Waals surface area contributed by atoms with Crippen LogP contribution in [0.15, 0.2) is 34.4 Å². The van der Waals surface area contributed by atoms with E-state index in [0.29, 0.717) is 0 Å². The number of aromatic nitrogens is 4. The van der Waals surface area contributed by atoms with Crippen molar-refractivity contribution in [1.29, 1.82) is 0 Å². The lowest BCUT2D eigenvalue weighted by atomic mass is 11.0. The van der Waals surface area contributed by atoms with Gasteiger partial charge in [0.15, 0.2) is 0 Å². The Balaban J connectivity index is 2.48. The molecule has 0 aliphatic heterocycles. The Bertz CT molecular complexity index is 490. The molecule has 0 aliphatic rings. The van der Waals surface area contributed by atoms with Gasteiger partial charge in [-0.1, -0.05) is 0 Å². The number of nitrogens with one attached hydrogen (secondary N) is 2. The van der Waals surface area contributed by atoms with E-state index in [0.717, 1.165) is 0 Å². The molecule has 0 spiro atoms. The normalized spacial score (nSPS) is 11.0. The van der Waals surface area contributed by atoms with Crippen LogP contribution < -0.4 is 11.4 Å². The van der Waals surface area contributed by atoms with Gasteiger partial charge in [-0.05, 0) is 11.2 Å². The first-order chi connectivity index (χ1) is 6.70. The van der Waals surface area contributed by atoms with Crippen molar-refractivity contribution in [3.8, 4) is 0 Å². The number of halogens is 1. The Hall–Kier alpha value is -1.26. The first kappa shape index (κ1) is 9.30. The number of H-pyrrole nitrogens is 2. The number of imidazole rings is 2. The van der Waals surface area contributed by atoms with Crippen LogP contribution in [0.4, 0.5) is 0 Å². The van der Waals surface area contributed by atoms with Gasteiger partial charge >= 0.3 is 11.4 Å². The number of hydrogen-bond acceptors (Lipinski definition) is 2. The minimum atomic E-state index is -1.52. The minimum Gasteiger partial charge on any atom is -0.312 e. The van der Waals surface area contributed by atoms with Crippen LogP contribution >= 0.6 is 18.8 Å². The number of nitrogens with zero attached hydrogens (tertiary/aromatic N) is 2. The fourth-order valence-corrected chi connectivity index (χ4v) is 2.68. The molecular formula is C6H6ClN4O2P. The van der Waals surface area contributed by atoms with Gasteiger partial charge in [0.05, 0.1) is 0 Å². The summed E-state index contributed by atoms with van der Waals surface area (Å²) < 4.78 is 2.54. The van der Waals surface area contributed by atoms with Crippen LogP contribution in [-0.4, -0.2) is 18.6 Å². The molecule has 6 nitrogen and oxygen atoms in total. The maximum absolute atomic E-state index is 11.2. The van der Waals surface area contributed by atoms with Crippen molar-refractivity contribution in [2.75, 3.05) is 0 Å². The summed E-state index contributed by atoms with van der Waals surface area (Å²) in [6, 6.07) is 0. The van der Waals surface area contributed by atoms with Crippen molar-refractivity contribution < 1.29 is 0 Å². The van der Waals surface area contributed by atoms with E-state index in [1.165, 1.54) is 33.5 Å². The second-order valence-corrected chi connectivity index (χ2v) is 4.71. The molecule has 0 saturated carbocycles. The molecule has 2 rings (SSSR count). The van der Waals surface area contributed by atoms with Gasteiger partial charge in [-0.25, -0.2) is 18.3 Å². The summed E-state index contributed by atoms with van der Waals surface area (Å²) in [6.45, 7) is 0. The van der Waals surface area contributed by atoms with E-state index in [1.807, 2.05) is 0 Å². The summed E-state index contributed by atoms with van der Waals surface area (Å²) in [7, 11) is -1.52. The molecule has 0 radical (unpaired) electrons. The fraction of sp³-hybridized carbons (Fsp3) is 0. The van der Waals surface area contributed by atoms with E-state index < -0.39 is 7.58 Å². The number of rotatable bonds is 2. The summed E-state index contributed by atoms with van der Waals surface area (Å²) >= 11 is 5.98. The van der Waals surface area contributed by atoms with Crippen LogP contribution in [0.2, 0.25) is 0 Å². The molecule has 0 bridgehead atoms. The second-order valence-electron chi connectivity index (χ2n) is 2.46. The van der Waals surface area contributed by atoms with Gasteiger partial charge < -0.3 is 9.97 Å². The Morgan fingerprint density at radius 1 is 1.07 bits per heavy atom. The van der Waals surface area contributed by atoms with Gasteiger partial charge in [-0.2, -0.15) is 0 Å². The van der Waals surface area contributed by atoms with Gasteiger partial charge in [0.2, 0.25) is 7.58 Å². The van der Waals surface area contributed by atoms with Crippen molar-refractivity contribution in [3.63, 3.8) is 0 Å². The van der Waals surface area contributed by atoms with E-state index in [2.05, 4.69) is 9.97 Å². The van der Waals surface area contributed by atoms with E-state index in [4.69, 9.17) is 11.2 Å². The van der Waals surface area contributed by atoms with Crippen molar-refractivity contribution >= 4 is 18.8 Å². The average molecular weight is 233 g/mol. The lowest BCUT2D eigenvalue weighted by Crippen LogP contribution is -2.19. The van der Waals surface area contributed by atoms with E-state index in [1.54, 1.807) is 0 Å². The van der Waals surface area contributed by atoms with Crippen LogP contribution in [0.1, 0.15) is 0 Å². The van der Waals surface area contributed by atoms with E-state index in [9.17, 15) is 9.59 Å². The van der Waals surface area contributed by atoms with Crippen molar-refractivity contribution in [2.45, 2.75) is 0 Å². The third-order valence-electron chi connectivity index (χ3n) is 1.62. The Morgan fingerprint density at radius 2 is 1.50 bits per heavy atom. The zero-order valence-electron chi connectivity index (χ0n) is 6.85. The Labute approximate surface area is 83.8 Å². The predicted molar refractivity (Wildman–Crippen MR) is 53.7 cm³/mol. The average Bonchev–Trinajstić information content (AvgIpc) is 2.73. The van der Waals surface area contributed by atoms with Crippen molar-refractivity contribution in [2.24, 2.45) is 0 Å². The molecule has 0 unspecified atom stereocenters. The zero-order chi connectivity index (χ0) is 10.1. The molecule has 0 atom stereocenters. The topological polar surface area (TPSA) is 75.6 Å². The highest BCUT2D eigenvalue weighted by Gasteiger charge is 2.13. The second kappa shape index (κ2) is 3.48. The van der Waals surface area contributed by atoms with Gasteiger partial charge in [0.1, 0.15) is 0 Å². The van der Waals surface area contributed by atoms with Gasteiger partial charge in [0, 0.05) is 24.8 Å². The predicted octanol–water partition coefficient (Wildman–Crippen LogP) is 0.528. The number of hydrogen-bond donors (Lipinski definition) is 2. The van der Waals surface area contributed by atoms with Crippen LogP contribution in [0.25, 0.3) is 0 Å². The number of aromatic amines is 2. The van der Waals surface area contributed by atoms with Gasteiger partial charge in [-0.3, -0.25) is 0 Å². The smallest absolute Gasteiger partial charge is 0.312 e. The largest absolute Gasteiger partial charge is 0.331 e. The van der Waals surface area contributed by atoms with Crippen molar-refractivity contribution in [1.82, 2.24) is 18.6 Å². The molecule has 0 saturated heterocycles. The molecule has 0 amide bonds. The van der Waals surface area contributed by atoms with E-state index >= 15 is 0 Å². The van der Waals surface area contributed by atoms with Gasteiger partial charge in [-0.15, -0.1) is 0 Å². The first-order valence-electron chi connectivity index (χ1n) is 3.68. The summed E-state index contributed by atoms with van der Waals surface area (Å²) in [4.78, 5) is 27.3. The standard InChI is InChI=1S/C6H6ClN4O2P/c7-14(10-3-1-8-5(10)12)11-4-2-9-6(11)13/h1-4H,(H,8,12)(H,9,13). The van der Waals surface area contributed by atoms with Crippen LogP contribution in [0, 0.1) is 0 Å². The molecule has 0 aromatic carbocycles. The molecule has 2 aromatic heterocycles. The Morgan fingerprint density at radius 3 is 1.79 bits per heavy atom.